The highest BCUT2D eigenvalue weighted by Gasteiger charge is 2.08. The van der Waals surface area contributed by atoms with Gasteiger partial charge in [0.2, 0.25) is 0 Å². The topological polar surface area (TPSA) is 38.3 Å². The molecule has 0 atom stereocenters. The zero-order valence-corrected chi connectivity index (χ0v) is 13.9. The van der Waals surface area contributed by atoms with Crippen molar-refractivity contribution in [3.05, 3.63) is 71.8 Å². The number of carbonyl (C=O) groups excluding carboxylic acids is 1. The molecular weight excluding hydrogens is 286 g/mol. The SMILES string of the molecule is C=C(C)COc1cccc(C(=O)Nc2ccc(C(C)C)cc2)c1. The average Bonchev–Trinajstić information content (AvgIpc) is 2.53. The van der Waals surface area contributed by atoms with Crippen molar-refractivity contribution < 1.29 is 9.53 Å². The van der Waals surface area contributed by atoms with Gasteiger partial charge in [0.05, 0.1) is 0 Å². The molecule has 2 aromatic rings. The first-order valence-electron chi connectivity index (χ1n) is 7.74. The quantitative estimate of drug-likeness (QED) is 0.761. The lowest BCUT2D eigenvalue weighted by molar-refractivity contribution is 0.102. The Morgan fingerprint density at radius 3 is 2.48 bits per heavy atom. The van der Waals surface area contributed by atoms with Crippen LogP contribution in [0, 0.1) is 0 Å². The van der Waals surface area contributed by atoms with Crippen LogP contribution in [0.2, 0.25) is 0 Å². The maximum Gasteiger partial charge on any atom is 0.255 e. The molecule has 0 radical (unpaired) electrons. The Balaban J connectivity index is 2.05. The van der Waals surface area contributed by atoms with Crippen LogP contribution in [0.5, 0.6) is 5.75 Å². The first-order valence-corrected chi connectivity index (χ1v) is 7.74. The fraction of sp³-hybridized carbons (Fsp3) is 0.250. The first-order chi connectivity index (χ1) is 11.0. The largest absolute Gasteiger partial charge is 0.489 e. The maximum absolute atomic E-state index is 12.3. The summed E-state index contributed by atoms with van der Waals surface area (Å²) in [6.45, 7) is 10.4. The molecule has 0 aliphatic rings. The summed E-state index contributed by atoms with van der Waals surface area (Å²) in [4.78, 5) is 12.3. The van der Waals surface area contributed by atoms with Crippen molar-refractivity contribution in [1.82, 2.24) is 0 Å². The van der Waals surface area contributed by atoms with Crippen LogP contribution in [-0.2, 0) is 0 Å². The number of ether oxygens (including phenoxy) is 1. The summed E-state index contributed by atoms with van der Waals surface area (Å²) in [7, 11) is 0. The zero-order valence-electron chi connectivity index (χ0n) is 13.9. The number of nitrogens with one attached hydrogen (secondary N) is 1. The molecule has 0 bridgehead atoms. The number of amides is 1. The zero-order chi connectivity index (χ0) is 16.8. The van der Waals surface area contributed by atoms with Gasteiger partial charge in [-0.25, -0.2) is 0 Å². The average molecular weight is 309 g/mol. The van der Waals surface area contributed by atoms with Gasteiger partial charge < -0.3 is 10.1 Å². The monoisotopic (exact) mass is 309 g/mol. The number of carbonyl (C=O) groups is 1. The Hall–Kier alpha value is -2.55. The maximum atomic E-state index is 12.3. The molecule has 0 aliphatic heterocycles. The van der Waals surface area contributed by atoms with E-state index in [0.29, 0.717) is 23.8 Å². The summed E-state index contributed by atoms with van der Waals surface area (Å²) in [5.41, 5.74) is 3.54. The molecule has 23 heavy (non-hydrogen) atoms. The van der Waals surface area contributed by atoms with E-state index in [1.165, 1.54) is 5.56 Å². The van der Waals surface area contributed by atoms with E-state index < -0.39 is 0 Å². The molecule has 1 amide bonds. The normalized spacial score (nSPS) is 10.4. The van der Waals surface area contributed by atoms with Crippen molar-refractivity contribution in [2.75, 3.05) is 11.9 Å². The molecule has 2 aromatic carbocycles. The molecule has 120 valence electrons. The Bertz CT molecular complexity index is 687. The predicted octanol–water partition coefficient (Wildman–Crippen LogP) is 5.02. The molecule has 0 aliphatic carbocycles. The minimum atomic E-state index is -0.150. The number of hydrogen-bond acceptors (Lipinski definition) is 2. The van der Waals surface area contributed by atoms with Crippen molar-refractivity contribution in [3.63, 3.8) is 0 Å². The van der Waals surface area contributed by atoms with Gasteiger partial charge in [-0.15, -0.1) is 0 Å². The molecular formula is C20H23NO2. The predicted molar refractivity (Wildman–Crippen MR) is 95.2 cm³/mol. The van der Waals surface area contributed by atoms with Crippen LogP contribution < -0.4 is 10.1 Å². The Morgan fingerprint density at radius 2 is 1.87 bits per heavy atom. The molecule has 1 N–H and O–H groups in total. The summed E-state index contributed by atoms with van der Waals surface area (Å²) in [6.07, 6.45) is 0. The van der Waals surface area contributed by atoms with Crippen LogP contribution in [0.3, 0.4) is 0 Å². The van der Waals surface area contributed by atoms with Gasteiger partial charge in [-0.1, -0.05) is 38.6 Å². The third kappa shape index (κ3) is 4.99. The van der Waals surface area contributed by atoms with Crippen molar-refractivity contribution in [3.8, 4) is 5.75 Å². The fourth-order valence-corrected chi connectivity index (χ4v) is 2.09. The minimum absolute atomic E-state index is 0.150. The van der Waals surface area contributed by atoms with Crippen LogP contribution in [0.4, 0.5) is 5.69 Å². The van der Waals surface area contributed by atoms with E-state index in [9.17, 15) is 4.79 Å². The lowest BCUT2D eigenvalue weighted by Gasteiger charge is -2.10. The van der Waals surface area contributed by atoms with E-state index in [1.807, 2.05) is 43.3 Å². The van der Waals surface area contributed by atoms with Crippen LogP contribution in [0.25, 0.3) is 0 Å². The Labute approximate surface area is 138 Å². The van der Waals surface area contributed by atoms with Gasteiger partial charge in [0.15, 0.2) is 0 Å². The van der Waals surface area contributed by atoms with Crippen molar-refractivity contribution in [2.24, 2.45) is 0 Å². The van der Waals surface area contributed by atoms with E-state index in [0.717, 1.165) is 11.3 Å². The fourth-order valence-electron chi connectivity index (χ4n) is 2.09. The summed E-state index contributed by atoms with van der Waals surface area (Å²) in [5.74, 6) is 0.987. The Morgan fingerprint density at radius 1 is 1.17 bits per heavy atom. The molecule has 0 fully saturated rings. The molecule has 0 heterocycles. The second kappa shape index (κ2) is 7.63. The number of hydrogen-bond donors (Lipinski definition) is 1. The number of rotatable bonds is 6. The van der Waals surface area contributed by atoms with E-state index >= 15 is 0 Å². The second-order valence-corrected chi connectivity index (χ2v) is 6.00. The second-order valence-electron chi connectivity index (χ2n) is 6.00. The van der Waals surface area contributed by atoms with Crippen LogP contribution in [0.1, 0.15) is 42.6 Å². The van der Waals surface area contributed by atoms with E-state index in [-0.39, 0.29) is 5.91 Å². The molecule has 2 rings (SSSR count). The molecule has 0 unspecified atom stereocenters. The Kier molecular flexibility index (Phi) is 5.58. The lowest BCUT2D eigenvalue weighted by atomic mass is 10.0. The molecule has 3 nitrogen and oxygen atoms in total. The molecule has 0 spiro atoms. The van der Waals surface area contributed by atoms with Gasteiger partial charge in [0, 0.05) is 11.3 Å². The van der Waals surface area contributed by atoms with Crippen molar-refractivity contribution in [1.29, 1.82) is 0 Å². The number of anilines is 1. The number of benzene rings is 2. The summed E-state index contributed by atoms with van der Waals surface area (Å²) in [5, 5.41) is 2.90. The summed E-state index contributed by atoms with van der Waals surface area (Å²) >= 11 is 0. The van der Waals surface area contributed by atoms with Gasteiger partial charge in [-0.2, -0.15) is 0 Å². The first kappa shape index (κ1) is 16.8. The highest BCUT2D eigenvalue weighted by molar-refractivity contribution is 6.04. The summed E-state index contributed by atoms with van der Waals surface area (Å²) < 4.78 is 5.57. The smallest absolute Gasteiger partial charge is 0.255 e. The molecule has 0 aromatic heterocycles. The molecule has 0 saturated carbocycles. The van der Waals surface area contributed by atoms with Crippen molar-refractivity contribution in [2.45, 2.75) is 26.7 Å². The lowest BCUT2D eigenvalue weighted by Crippen LogP contribution is -2.12. The summed E-state index contributed by atoms with van der Waals surface area (Å²) in [6, 6.07) is 15.1. The van der Waals surface area contributed by atoms with Crippen LogP contribution >= 0.6 is 0 Å². The minimum Gasteiger partial charge on any atom is -0.489 e. The van der Waals surface area contributed by atoms with Gasteiger partial charge in [-0.3, -0.25) is 4.79 Å². The van der Waals surface area contributed by atoms with Crippen molar-refractivity contribution >= 4 is 11.6 Å². The van der Waals surface area contributed by atoms with Gasteiger partial charge in [0.1, 0.15) is 12.4 Å². The van der Waals surface area contributed by atoms with Gasteiger partial charge >= 0.3 is 0 Å². The third-order valence-electron chi connectivity index (χ3n) is 3.42. The van der Waals surface area contributed by atoms with E-state index in [2.05, 4.69) is 25.7 Å². The third-order valence-corrected chi connectivity index (χ3v) is 3.42. The van der Waals surface area contributed by atoms with Gasteiger partial charge in [0.25, 0.3) is 5.91 Å². The van der Waals surface area contributed by atoms with Crippen LogP contribution in [0.15, 0.2) is 60.7 Å². The highest BCUT2D eigenvalue weighted by atomic mass is 16.5. The standard InChI is InChI=1S/C20H23NO2/c1-14(2)13-23-19-7-5-6-17(12-19)20(22)21-18-10-8-16(9-11-18)15(3)4/h5-12,15H,1,13H2,2-4H3,(H,21,22). The van der Waals surface area contributed by atoms with E-state index in [1.54, 1.807) is 12.1 Å². The van der Waals surface area contributed by atoms with E-state index in [4.69, 9.17) is 4.74 Å². The molecule has 0 saturated heterocycles. The molecule has 3 heteroatoms. The van der Waals surface area contributed by atoms with Crippen LogP contribution in [-0.4, -0.2) is 12.5 Å². The van der Waals surface area contributed by atoms with Gasteiger partial charge in [-0.05, 0) is 54.3 Å². The highest BCUT2D eigenvalue weighted by Crippen LogP contribution is 2.19.